The third-order valence-electron chi connectivity index (χ3n) is 2.66. The molecule has 1 amide bonds. The average molecular weight is 222 g/mol. The Kier molecular flexibility index (Phi) is 2.26. The first-order valence-corrected chi connectivity index (χ1v) is 5.10. The number of nitrogens with one attached hydrogen (secondary N) is 1. The summed E-state index contributed by atoms with van der Waals surface area (Å²) in [4.78, 5) is 23.0. The summed E-state index contributed by atoms with van der Waals surface area (Å²) < 4.78 is 5.08. The molecule has 0 fully saturated rings. The molecule has 0 saturated heterocycles. The molecule has 1 aromatic heterocycles. The molecule has 0 spiro atoms. The van der Waals surface area contributed by atoms with Gasteiger partial charge in [0.25, 0.3) is 5.91 Å². The van der Waals surface area contributed by atoms with Crippen LogP contribution in [0.3, 0.4) is 0 Å². The standard InChI is InChI=1S/C11H14N2O3/c1-11(2)4-8-6(9(14)13-5-11)3-7(12)10(15)16-8/h3H,4-5,12H2,1-2H3,(H,13,14). The molecule has 16 heavy (non-hydrogen) atoms. The van der Waals surface area contributed by atoms with Crippen LogP contribution in [0.4, 0.5) is 5.69 Å². The molecule has 5 nitrogen and oxygen atoms in total. The molecule has 1 aliphatic rings. The van der Waals surface area contributed by atoms with Crippen molar-refractivity contribution < 1.29 is 9.21 Å². The van der Waals surface area contributed by atoms with Crippen LogP contribution < -0.4 is 16.7 Å². The van der Waals surface area contributed by atoms with Crippen molar-refractivity contribution in [3.8, 4) is 0 Å². The quantitative estimate of drug-likeness (QED) is 0.670. The fourth-order valence-electron chi connectivity index (χ4n) is 1.76. The third kappa shape index (κ3) is 1.80. The van der Waals surface area contributed by atoms with E-state index in [9.17, 15) is 9.59 Å². The number of nitrogens with two attached hydrogens (primary N) is 1. The summed E-state index contributed by atoms with van der Waals surface area (Å²) in [5, 5.41) is 2.78. The van der Waals surface area contributed by atoms with E-state index in [1.54, 1.807) is 0 Å². The van der Waals surface area contributed by atoms with Gasteiger partial charge in [0.05, 0.1) is 5.56 Å². The third-order valence-corrected chi connectivity index (χ3v) is 2.66. The van der Waals surface area contributed by atoms with Crippen LogP contribution in [0.5, 0.6) is 0 Å². The number of hydrogen-bond donors (Lipinski definition) is 2. The SMILES string of the molecule is CC1(C)CNC(=O)c2cc(N)c(=O)oc2C1. The van der Waals surface area contributed by atoms with Crippen molar-refractivity contribution in [3.63, 3.8) is 0 Å². The number of nitrogen functional groups attached to an aromatic ring is 1. The Morgan fingerprint density at radius 3 is 2.81 bits per heavy atom. The first-order chi connectivity index (χ1) is 7.39. The van der Waals surface area contributed by atoms with Gasteiger partial charge in [-0.3, -0.25) is 4.79 Å². The minimum atomic E-state index is -0.579. The first kappa shape index (κ1) is 10.7. The Bertz CT molecular complexity index is 502. The summed E-state index contributed by atoms with van der Waals surface area (Å²) in [6.45, 7) is 4.54. The lowest BCUT2D eigenvalue weighted by atomic mass is 9.88. The van der Waals surface area contributed by atoms with Crippen molar-refractivity contribution in [1.29, 1.82) is 0 Å². The van der Waals surface area contributed by atoms with Crippen LogP contribution in [0, 0.1) is 5.41 Å². The van der Waals surface area contributed by atoms with E-state index >= 15 is 0 Å². The zero-order valence-electron chi connectivity index (χ0n) is 9.29. The normalized spacial score (nSPS) is 18.5. The molecule has 1 aliphatic heterocycles. The number of amides is 1. The Balaban J connectivity index is 2.59. The fourth-order valence-corrected chi connectivity index (χ4v) is 1.76. The molecular formula is C11H14N2O3. The van der Waals surface area contributed by atoms with Crippen molar-refractivity contribution >= 4 is 11.6 Å². The summed E-state index contributed by atoms with van der Waals surface area (Å²) in [6.07, 6.45) is 0.538. The smallest absolute Gasteiger partial charge is 0.359 e. The lowest BCUT2D eigenvalue weighted by Crippen LogP contribution is -2.31. The maximum absolute atomic E-state index is 11.7. The van der Waals surface area contributed by atoms with E-state index in [4.69, 9.17) is 10.2 Å². The number of fused-ring (bicyclic) bond motifs is 1. The molecule has 86 valence electrons. The molecule has 0 aliphatic carbocycles. The van der Waals surface area contributed by atoms with Crippen molar-refractivity contribution in [2.45, 2.75) is 20.3 Å². The summed E-state index contributed by atoms with van der Waals surface area (Å²) in [6, 6.07) is 1.39. The number of hydrogen-bond acceptors (Lipinski definition) is 4. The molecule has 0 radical (unpaired) electrons. The lowest BCUT2D eigenvalue weighted by Gasteiger charge is -2.20. The highest BCUT2D eigenvalue weighted by molar-refractivity contribution is 5.96. The molecule has 0 saturated carbocycles. The Morgan fingerprint density at radius 1 is 1.44 bits per heavy atom. The number of anilines is 1. The molecule has 0 aromatic carbocycles. The Labute approximate surface area is 92.6 Å². The predicted molar refractivity (Wildman–Crippen MR) is 59.2 cm³/mol. The summed E-state index contributed by atoms with van der Waals surface area (Å²) in [5.74, 6) is 0.176. The zero-order valence-corrected chi connectivity index (χ0v) is 9.29. The van der Waals surface area contributed by atoms with E-state index in [1.807, 2.05) is 13.8 Å². The molecule has 0 bridgehead atoms. The van der Waals surface area contributed by atoms with Crippen LogP contribution in [0.15, 0.2) is 15.3 Å². The van der Waals surface area contributed by atoms with Crippen LogP contribution in [0.1, 0.15) is 30.0 Å². The van der Waals surface area contributed by atoms with Gasteiger partial charge in [0.2, 0.25) is 0 Å². The van der Waals surface area contributed by atoms with Crippen LogP contribution in [0.25, 0.3) is 0 Å². The molecule has 2 rings (SSSR count). The Morgan fingerprint density at radius 2 is 2.12 bits per heavy atom. The van der Waals surface area contributed by atoms with E-state index in [-0.39, 0.29) is 17.0 Å². The summed E-state index contributed by atoms with van der Waals surface area (Å²) in [5.41, 5.74) is 5.06. The van der Waals surface area contributed by atoms with Crippen LogP contribution in [0.2, 0.25) is 0 Å². The zero-order chi connectivity index (χ0) is 11.9. The molecule has 5 heteroatoms. The second-order valence-corrected chi connectivity index (χ2v) is 4.85. The highest BCUT2D eigenvalue weighted by atomic mass is 16.4. The number of rotatable bonds is 0. The largest absolute Gasteiger partial charge is 0.426 e. The first-order valence-electron chi connectivity index (χ1n) is 5.10. The van der Waals surface area contributed by atoms with E-state index < -0.39 is 5.63 Å². The molecule has 1 aromatic rings. The molecule has 2 heterocycles. The van der Waals surface area contributed by atoms with Gasteiger partial charge in [0, 0.05) is 13.0 Å². The van der Waals surface area contributed by atoms with Gasteiger partial charge in [-0.15, -0.1) is 0 Å². The van der Waals surface area contributed by atoms with Crippen LogP contribution >= 0.6 is 0 Å². The van der Waals surface area contributed by atoms with Crippen LogP contribution in [-0.2, 0) is 6.42 Å². The minimum absolute atomic E-state index is 0.0337. The van der Waals surface area contributed by atoms with E-state index in [1.165, 1.54) is 6.07 Å². The van der Waals surface area contributed by atoms with Crippen molar-refractivity contribution in [2.75, 3.05) is 12.3 Å². The number of carbonyl (C=O) groups is 1. The van der Waals surface area contributed by atoms with Gasteiger partial charge in [0.15, 0.2) is 0 Å². The topological polar surface area (TPSA) is 85.3 Å². The van der Waals surface area contributed by atoms with E-state index in [0.29, 0.717) is 24.3 Å². The van der Waals surface area contributed by atoms with Crippen molar-refractivity contribution in [3.05, 3.63) is 27.8 Å². The van der Waals surface area contributed by atoms with Gasteiger partial charge in [0.1, 0.15) is 11.4 Å². The number of carbonyl (C=O) groups excluding carboxylic acids is 1. The molecule has 3 N–H and O–H groups in total. The highest BCUT2D eigenvalue weighted by Crippen LogP contribution is 2.26. The fraction of sp³-hybridized carbons (Fsp3) is 0.455. The monoisotopic (exact) mass is 222 g/mol. The average Bonchev–Trinajstić information content (AvgIpc) is 2.28. The molecular weight excluding hydrogens is 208 g/mol. The summed E-state index contributed by atoms with van der Waals surface area (Å²) in [7, 11) is 0. The van der Waals surface area contributed by atoms with Gasteiger partial charge in [-0.05, 0) is 11.5 Å². The maximum Gasteiger partial charge on any atom is 0.359 e. The van der Waals surface area contributed by atoms with Crippen molar-refractivity contribution in [1.82, 2.24) is 5.32 Å². The lowest BCUT2D eigenvalue weighted by molar-refractivity contribution is 0.0944. The van der Waals surface area contributed by atoms with Gasteiger partial charge >= 0.3 is 5.63 Å². The Hall–Kier alpha value is -1.78. The van der Waals surface area contributed by atoms with Gasteiger partial charge in [-0.2, -0.15) is 0 Å². The van der Waals surface area contributed by atoms with E-state index in [2.05, 4.69) is 5.32 Å². The van der Waals surface area contributed by atoms with Gasteiger partial charge in [-0.1, -0.05) is 13.8 Å². The second-order valence-electron chi connectivity index (χ2n) is 4.85. The van der Waals surface area contributed by atoms with Crippen molar-refractivity contribution in [2.24, 2.45) is 5.41 Å². The van der Waals surface area contributed by atoms with E-state index in [0.717, 1.165) is 0 Å². The predicted octanol–water partition coefficient (Wildman–Crippen LogP) is 0.534. The summed E-state index contributed by atoms with van der Waals surface area (Å²) >= 11 is 0. The minimum Gasteiger partial charge on any atom is -0.426 e. The highest BCUT2D eigenvalue weighted by Gasteiger charge is 2.29. The molecule has 0 unspecified atom stereocenters. The van der Waals surface area contributed by atoms with Gasteiger partial charge in [-0.25, -0.2) is 4.79 Å². The van der Waals surface area contributed by atoms with Crippen LogP contribution in [-0.4, -0.2) is 12.5 Å². The van der Waals surface area contributed by atoms with Gasteiger partial charge < -0.3 is 15.5 Å². The second kappa shape index (κ2) is 3.37. The molecule has 0 atom stereocenters. The maximum atomic E-state index is 11.7.